The Balaban J connectivity index is 1.98. The standard InChI is InChI=1S/C20H23N3O8/c1-4-29-13-7-8-14(15(10-13)23(27)28)21-17(24)11-31-20(26)18(12(2)3)22-19(25)16-6-5-9-30-16/h5-10,12,18H,4,11H2,1-3H3,(H,21,24)(H,22,25)/t18-/m0/s1. The first-order valence-electron chi connectivity index (χ1n) is 9.45. The summed E-state index contributed by atoms with van der Waals surface area (Å²) in [6, 6.07) is 5.92. The van der Waals surface area contributed by atoms with Gasteiger partial charge < -0.3 is 24.5 Å². The fourth-order valence-electron chi connectivity index (χ4n) is 2.56. The summed E-state index contributed by atoms with van der Waals surface area (Å²) in [4.78, 5) is 47.2. The molecule has 1 atom stereocenters. The van der Waals surface area contributed by atoms with Gasteiger partial charge in [-0.25, -0.2) is 4.79 Å². The summed E-state index contributed by atoms with van der Waals surface area (Å²) in [6.45, 7) is 4.75. The van der Waals surface area contributed by atoms with Crippen LogP contribution in [0.15, 0.2) is 41.0 Å². The van der Waals surface area contributed by atoms with E-state index in [9.17, 15) is 24.5 Å². The normalized spacial score (nSPS) is 11.5. The van der Waals surface area contributed by atoms with Gasteiger partial charge in [0.15, 0.2) is 12.4 Å². The van der Waals surface area contributed by atoms with Gasteiger partial charge in [0.25, 0.3) is 17.5 Å². The van der Waals surface area contributed by atoms with Crippen LogP contribution < -0.4 is 15.4 Å². The van der Waals surface area contributed by atoms with Gasteiger partial charge in [0.1, 0.15) is 17.5 Å². The number of nitro benzene ring substituents is 1. The Labute approximate surface area is 177 Å². The molecular formula is C20H23N3O8. The van der Waals surface area contributed by atoms with E-state index in [0.717, 1.165) is 0 Å². The first-order chi connectivity index (χ1) is 14.7. The highest BCUT2D eigenvalue weighted by Gasteiger charge is 2.28. The fourth-order valence-corrected chi connectivity index (χ4v) is 2.56. The molecule has 0 saturated heterocycles. The van der Waals surface area contributed by atoms with Crippen LogP contribution in [0.3, 0.4) is 0 Å². The topological polar surface area (TPSA) is 150 Å². The molecule has 0 unspecified atom stereocenters. The van der Waals surface area contributed by atoms with E-state index in [1.807, 2.05) is 0 Å². The largest absolute Gasteiger partial charge is 0.494 e. The van der Waals surface area contributed by atoms with Crippen molar-refractivity contribution in [2.24, 2.45) is 5.92 Å². The summed E-state index contributed by atoms with van der Waals surface area (Å²) >= 11 is 0. The summed E-state index contributed by atoms with van der Waals surface area (Å²) in [5.41, 5.74) is -0.433. The third kappa shape index (κ3) is 6.56. The number of carbonyl (C=O) groups excluding carboxylic acids is 3. The monoisotopic (exact) mass is 433 g/mol. The van der Waals surface area contributed by atoms with Crippen molar-refractivity contribution >= 4 is 29.2 Å². The van der Waals surface area contributed by atoms with Crippen molar-refractivity contribution in [3.63, 3.8) is 0 Å². The second kappa shape index (κ2) is 10.8. The Morgan fingerprint density at radius 2 is 1.97 bits per heavy atom. The van der Waals surface area contributed by atoms with E-state index in [-0.39, 0.29) is 28.8 Å². The molecule has 0 radical (unpaired) electrons. The fraction of sp³-hybridized carbons (Fsp3) is 0.350. The third-order valence-corrected chi connectivity index (χ3v) is 4.05. The number of hydrogen-bond acceptors (Lipinski definition) is 8. The second-order valence-electron chi connectivity index (χ2n) is 6.70. The molecule has 2 N–H and O–H groups in total. The number of benzene rings is 1. The van der Waals surface area contributed by atoms with Crippen LogP contribution in [-0.2, 0) is 14.3 Å². The number of esters is 1. The van der Waals surface area contributed by atoms with Crippen LogP contribution in [0.5, 0.6) is 5.75 Å². The number of ether oxygens (including phenoxy) is 2. The van der Waals surface area contributed by atoms with Crippen LogP contribution in [0.2, 0.25) is 0 Å². The first-order valence-corrected chi connectivity index (χ1v) is 9.45. The van der Waals surface area contributed by atoms with Crippen molar-refractivity contribution < 1.29 is 33.2 Å². The van der Waals surface area contributed by atoms with Gasteiger partial charge in [0.2, 0.25) is 0 Å². The minimum Gasteiger partial charge on any atom is -0.494 e. The van der Waals surface area contributed by atoms with Gasteiger partial charge >= 0.3 is 5.97 Å². The Kier molecular flexibility index (Phi) is 8.12. The third-order valence-electron chi connectivity index (χ3n) is 4.05. The minimum atomic E-state index is -1.02. The summed E-state index contributed by atoms with van der Waals surface area (Å²) in [6.07, 6.45) is 1.32. The van der Waals surface area contributed by atoms with Crippen molar-refractivity contribution in [2.75, 3.05) is 18.5 Å². The number of nitro groups is 1. The van der Waals surface area contributed by atoms with E-state index in [1.165, 1.54) is 36.6 Å². The molecule has 0 aliphatic carbocycles. The van der Waals surface area contributed by atoms with Crippen molar-refractivity contribution in [2.45, 2.75) is 26.8 Å². The van der Waals surface area contributed by atoms with E-state index in [0.29, 0.717) is 6.61 Å². The zero-order valence-corrected chi connectivity index (χ0v) is 17.2. The van der Waals surface area contributed by atoms with Gasteiger partial charge in [-0.15, -0.1) is 0 Å². The lowest BCUT2D eigenvalue weighted by atomic mass is 10.0. The number of furan rings is 1. The minimum absolute atomic E-state index is 0.0269. The molecule has 2 aromatic rings. The van der Waals surface area contributed by atoms with Crippen LogP contribution in [0.4, 0.5) is 11.4 Å². The van der Waals surface area contributed by atoms with E-state index in [1.54, 1.807) is 20.8 Å². The van der Waals surface area contributed by atoms with Crippen LogP contribution >= 0.6 is 0 Å². The molecule has 0 aliphatic heterocycles. The Morgan fingerprint density at radius 3 is 2.55 bits per heavy atom. The molecule has 166 valence electrons. The predicted molar refractivity (Wildman–Crippen MR) is 109 cm³/mol. The molecule has 31 heavy (non-hydrogen) atoms. The summed E-state index contributed by atoms with van der Waals surface area (Å²) in [7, 11) is 0. The maximum atomic E-state index is 12.4. The lowest BCUT2D eigenvalue weighted by molar-refractivity contribution is -0.384. The maximum absolute atomic E-state index is 12.4. The predicted octanol–water partition coefficient (Wildman–Crippen LogP) is 2.52. The van der Waals surface area contributed by atoms with Gasteiger partial charge in [0, 0.05) is 0 Å². The molecule has 0 saturated carbocycles. The number of amides is 2. The van der Waals surface area contributed by atoms with Crippen LogP contribution in [0.25, 0.3) is 0 Å². The van der Waals surface area contributed by atoms with E-state index >= 15 is 0 Å². The Hall–Kier alpha value is -3.89. The summed E-state index contributed by atoms with van der Waals surface area (Å²) in [5, 5.41) is 16.1. The zero-order valence-electron chi connectivity index (χ0n) is 17.2. The lowest BCUT2D eigenvalue weighted by Gasteiger charge is -2.20. The summed E-state index contributed by atoms with van der Waals surface area (Å²) < 4.78 is 15.2. The van der Waals surface area contributed by atoms with Gasteiger partial charge in [-0.05, 0) is 37.1 Å². The lowest BCUT2D eigenvalue weighted by Crippen LogP contribution is -2.45. The van der Waals surface area contributed by atoms with Crippen molar-refractivity contribution in [1.29, 1.82) is 0 Å². The highest BCUT2D eigenvalue weighted by molar-refractivity contribution is 5.97. The van der Waals surface area contributed by atoms with E-state index < -0.39 is 35.4 Å². The zero-order chi connectivity index (χ0) is 23.0. The number of anilines is 1. The van der Waals surface area contributed by atoms with Gasteiger partial charge in [0.05, 0.1) is 23.9 Å². The SMILES string of the molecule is CCOc1ccc(NC(=O)COC(=O)[C@@H](NC(=O)c2ccco2)C(C)C)c([N+](=O)[O-])c1. The highest BCUT2D eigenvalue weighted by atomic mass is 16.6. The Morgan fingerprint density at radius 1 is 1.23 bits per heavy atom. The molecule has 2 amide bonds. The molecule has 11 heteroatoms. The molecule has 0 fully saturated rings. The summed E-state index contributed by atoms with van der Waals surface area (Å²) in [5.74, 6) is -2.23. The van der Waals surface area contributed by atoms with Gasteiger partial charge in [-0.2, -0.15) is 0 Å². The molecule has 0 bridgehead atoms. The molecule has 0 aliphatic rings. The molecule has 1 aromatic heterocycles. The molecular weight excluding hydrogens is 410 g/mol. The van der Waals surface area contributed by atoms with Crippen LogP contribution in [0, 0.1) is 16.0 Å². The van der Waals surface area contributed by atoms with Crippen LogP contribution in [-0.4, -0.2) is 42.0 Å². The molecule has 0 spiro atoms. The molecule has 1 aromatic carbocycles. The maximum Gasteiger partial charge on any atom is 0.329 e. The second-order valence-corrected chi connectivity index (χ2v) is 6.70. The highest BCUT2D eigenvalue weighted by Crippen LogP contribution is 2.29. The van der Waals surface area contributed by atoms with Gasteiger partial charge in [-0.3, -0.25) is 19.7 Å². The average Bonchev–Trinajstić information content (AvgIpc) is 3.26. The van der Waals surface area contributed by atoms with Crippen molar-refractivity contribution in [3.8, 4) is 5.75 Å². The number of carbonyl (C=O) groups is 3. The molecule has 1 heterocycles. The number of hydrogen-bond donors (Lipinski definition) is 2. The average molecular weight is 433 g/mol. The molecule has 11 nitrogen and oxygen atoms in total. The van der Waals surface area contributed by atoms with Crippen LogP contribution in [0.1, 0.15) is 31.3 Å². The number of nitrogens with zero attached hydrogens (tertiary/aromatic N) is 1. The smallest absolute Gasteiger partial charge is 0.329 e. The molecule has 2 rings (SSSR count). The van der Waals surface area contributed by atoms with E-state index in [2.05, 4.69) is 10.6 Å². The quantitative estimate of drug-likeness (QED) is 0.330. The van der Waals surface area contributed by atoms with Crippen molar-refractivity contribution in [1.82, 2.24) is 5.32 Å². The Bertz CT molecular complexity index is 940. The number of rotatable bonds is 10. The van der Waals surface area contributed by atoms with E-state index in [4.69, 9.17) is 13.9 Å². The van der Waals surface area contributed by atoms with Crippen molar-refractivity contribution in [3.05, 3.63) is 52.5 Å². The number of nitrogens with one attached hydrogen (secondary N) is 2. The van der Waals surface area contributed by atoms with Gasteiger partial charge in [-0.1, -0.05) is 13.8 Å². The first kappa shape index (κ1) is 23.4.